The number of benzene rings is 12. The maximum absolute atomic E-state index is 2.38. The Balaban J connectivity index is 0.860. The van der Waals surface area contributed by atoms with Crippen molar-refractivity contribution in [2.75, 3.05) is 4.90 Å². The molecule has 0 fully saturated rings. The number of fused-ring (bicyclic) bond motifs is 7. The summed E-state index contributed by atoms with van der Waals surface area (Å²) in [6.07, 6.45) is 0. The van der Waals surface area contributed by atoms with Crippen LogP contribution in [-0.2, 0) is 0 Å². The molecular weight excluding hydrogens is 821 g/mol. The van der Waals surface area contributed by atoms with Crippen LogP contribution in [0.2, 0.25) is 0 Å². The highest BCUT2D eigenvalue weighted by Crippen LogP contribution is 2.41. The van der Waals surface area contributed by atoms with Crippen molar-refractivity contribution < 1.29 is 0 Å². The van der Waals surface area contributed by atoms with E-state index in [1.807, 2.05) is 0 Å². The molecule has 1 heterocycles. The van der Waals surface area contributed by atoms with Crippen molar-refractivity contribution in [3.05, 3.63) is 267 Å². The van der Waals surface area contributed by atoms with E-state index in [1.165, 1.54) is 98.6 Å². The second-order valence-corrected chi connectivity index (χ2v) is 17.7. The molecule has 318 valence electrons. The first-order valence-corrected chi connectivity index (χ1v) is 23.4. The summed E-state index contributed by atoms with van der Waals surface area (Å²) < 4.78 is 2.38. The maximum atomic E-state index is 2.38. The number of hydrogen-bond donors (Lipinski definition) is 0. The number of hydrogen-bond acceptors (Lipinski definition) is 1. The molecule has 0 bridgehead atoms. The van der Waals surface area contributed by atoms with E-state index in [0.29, 0.717) is 0 Å². The summed E-state index contributed by atoms with van der Waals surface area (Å²) >= 11 is 0. The molecule has 0 N–H and O–H groups in total. The zero-order chi connectivity index (χ0) is 45.0. The molecule has 13 rings (SSSR count). The van der Waals surface area contributed by atoms with Gasteiger partial charge in [-0.3, -0.25) is 0 Å². The molecule has 0 saturated heterocycles. The molecular formula is C66H44N2. The quantitative estimate of drug-likeness (QED) is 0.138. The normalized spacial score (nSPS) is 11.5. The second kappa shape index (κ2) is 16.5. The molecule has 0 unspecified atom stereocenters. The van der Waals surface area contributed by atoms with Gasteiger partial charge >= 0.3 is 0 Å². The highest BCUT2D eigenvalue weighted by molar-refractivity contribution is 6.14. The van der Waals surface area contributed by atoms with E-state index in [0.717, 1.165) is 22.7 Å². The molecule has 0 radical (unpaired) electrons. The number of para-hydroxylation sites is 2. The molecule has 0 amide bonds. The van der Waals surface area contributed by atoms with Crippen LogP contribution in [0, 0.1) is 0 Å². The van der Waals surface area contributed by atoms with E-state index in [9.17, 15) is 0 Å². The van der Waals surface area contributed by atoms with Gasteiger partial charge in [-0.15, -0.1) is 0 Å². The molecule has 0 aliphatic carbocycles. The molecule has 2 heteroatoms. The third kappa shape index (κ3) is 6.90. The van der Waals surface area contributed by atoms with Crippen LogP contribution in [0.25, 0.3) is 104 Å². The topological polar surface area (TPSA) is 8.17 Å². The lowest BCUT2D eigenvalue weighted by Gasteiger charge is -2.26. The summed E-state index contributed by atoms with van der Waals surface area (Å²) in [6.45, 7) is 0. The molecule has 0 atom stereocenters. The Labute approximate surface area is 395 Å². The molecule has 68 heavy (non-hydrogen) atoms. The Kier molecular flexibility index (Phi) is 9.54. The highest BCUT2D eigenvalue weighted by atomic mass is 15.1. The zero-order valence-electron chi connectivity index (χ0n) is 37.3. The average Bonchev–Trinajstić information content (AvgIpc) is 3.76. The Hall–Kier alpha value is -8.98. The van der Waals surface area contributed by atoms with E-state index in [1.54, 1.807) is 0 Å². The minimum Gasteiger partial charge on any atom is -0.310 e. The Bertz CT molecular complexity index is 3920. The minimum absolute atomic E-state index is 1.09. The first kappa shape index (κ1) is 39.4. The van der Waals surface area contributed by atoms with Crippen molar-refractivity contribution in [3.8, 4) is 50.2 Å². The zero-order valence-corrected chi connectivity index (χ0v) is 37.3. The number of rotatable bonds is 8. The minimum atomic E-state index is 1.09. The first-order chi connectivity index (χ1) is 33.7. The van der Waals surface area contributed by atoms with Crippen LogP contribution in [0.4, 0.5) is 17.1 Å². The number of nitrogens with zero attached hydrogens (tertiary/aromatic N) is 2. The van der Waals surface area contributed by atoms with Crippen LogP contribution in [0.5, 0.6) is 0 Å². The van der Waals surface area contributed by atoms with Gasteiger partial charge in [0.1, 0.15) is 0 Å². The summed E-state index contributed by atoms with van der Waals surface area (Å²) in [6, 6.07) is 97.4. The summed E-state index contributed by atoms with van der Waals surface area (Å²) in [5.74, 6) is 0. The lowest BCUT2D eigenvalue weighted by atomic mass is 9.92. The molecule has 0 saturated carbocycles. The molecule has 2 nitrogen and oxygen atoms in total. The van der Waals surface area contributed by atoms with Gasteiger partial charge in [0, 0.05) is 33.5 Å². The second-order valence-electron chi connectivity index (χ2n) is 17.7. The highest BCUT2D eigenvalue weighted by Gasteiger charge is 2.17. The van der Waals surface area contributed by atoms with Gasteiger partial charge < -0.3 is 9.47 Å². The summed E-state index contributed by atoms with van der Waals surface area (Å²) in [4.78, 5) is 2.38. The predicted octanol–water partition coefficient (Wildman–Crippen LogP) is 18.4. The lowest BCUT2D eigenvalue weighted by Crippen LogP contribution is -2.10. The van der Waals surface area contributed by atoms with Gasteiger partial charge in [0.2, 0.25) is 0 Å². The molecule has 0 aliphatic heterocycles. The Morgan fingerprint density at radius 2 is 0.662 bits per heavy atom. The lowest BCUT2D eigenvalue weighted by molar-refractivity contribution is 1.17. The standard InChI is InChI=1S/C66H44N2/c1-2-12-45(13-3-1)46-22-24-49(25-23-46)51-30-31-53-43-58(37-34-52(53)42-51)67(56-38-40-57(41-39-56)68-65-20-10-8-18-62(65)63-19-9-11-21-66(63)68)55-35-32-48(33-36-55)47-26-28-50(29-27-47)64-44-54-14-4-5-15-59(54)60-16-6-7-17-61(60)64/h1-44H. The number of aromatic nitrogens is 1. The van der Waals surface area contributed by atoms with E-state index in [4.69, 9.17) is 0 Å². The summed E-state index contributed by atoms with van der Waals surface area (Å²) in [5.41, 5.74) is 16.5. The average molecular weight is 865 g/mol. The molecule has 13 aromatic rings. The van der Waals surface area contributed by atoms with Crippen molar-refractivity contribution >= 4 is 71.2 Å². The Morgan fingerprint density at radius 3 is 1.31 bits per heavy atom. The first-order valence-electron chi connectivity index (χ1n) is 23.4. The molecule has 0 spiro atoms. The van der Waals surface area contributed by atoms with Crippen LogP contribution in [0.15, 0.2) is 267 Å². The number of anilines is 3. The monoisotopic (exact) mass is 864 g/mol. The Morgan fingerprint density at radius 1 is 0.235 bits per heavy atom. The van der Waals surface area contributed by atoms with Gasteiger partial charge in [-0.05, 0) is 150 Å². The van der Waals surface area contributed by atoms with Crippen LogP contribution in [-0.4, -0.2) is 4.57 Å². The van der Waals surface area contributed by atoms with E-state index in [-0.39, 0.29) is 0 Å². The van der Waals surface area contributed by atoms with Gasteiger partial charge in [-0.2, -0.15) is 0 Å². The SMILES string of the molecule is c1ccc(-c2ccc(-c3ccc4cc(N(c5ccc(-c6ccc(-c7cc8ccccc8c8ccccc78)cc6)cc5)c5ccc(-n6c7ccccc7c7ccccc76)cc5)ccc4c3)cc2)cc1. The van der Waals surface area contributed by atoms with E-state index >= 15 is 0 Å². The van der Waals surface area contributed by atoms with E-state index in [2.05, 4.69) is 276 Å². The fourth-order valence-corrected chi connectivity index (χ4v) is 10.4. The molecule has 1 aromatic heterocycles. The van der Waals surface area contributed by atoms with Crippen molar-refractivity contribution in [1.29, 1.82) is 0 Å². The van der Waals surface area contributed by atoms with Gasteiger partial charge in [0.25, 0.3) is 0 Å². The van der Waals surface area contributed by atoms with Crippen LogP contribution in [0.3, 0.4) is 0 Å². The summed E-state index contributed by atoms with van der Waals surface area (Å²) in [7, 11) is 0. The molecule has 12 aromatic carbocycles. The smallest absolute Gasteiger partial charge is 0.0541 e. The predicted molar refractivity (Wildman–Crippen MR) is 290 cm³/mol. The van der Waals surface area contributed by atoms with Crippen molar-refractivity contribution in [2.24, 2.45) is 0 Å². The van der Waals surface area contributed by atoms with Crippen molar-refractivity contribution in [2.45, 2.75) is 0 Å². The van der Waals surface area contributed by atoms with Gasteiger partial charge in [-0.25, -0.2) is 0 Å². The van der Waals surface area contributed by atoms with Crippen LogP contribution < -0.4 is 4.90 Å². The maximum Gasteiger partial charge on any atom is 0.0541 e. The molecule has 0 aliphatic rings. The van der Waals surface area contributed by atoms with Crippen LogP contribution >= 0.6 is 0 Å². The third-order valence-electron chi connectivity index (χ3n) is 13.8. The largest absolute Gasteiger partial charge is 0.310 e. The van der Waals surface area contributed by atoms with Gasteiger partial charge in [-0.1, -0.05) is 194 Å². The van der Waals surface area contributed by atoms with Crippen molar-refractivity contribution in [1.82, 2.24) is 4.57 Å². The van der Waals surface area contributed by atoms with E-state index < -0.39 is 0 Å². The fourth-order valence-electron chi connectivity index (χ4n) is 10.4. The van der Waals surface area contributed by atoms with Crippen molar-refractivity contribution in [3.63, 3.8) is 0 Å². The summed E-state index contributed by atoms with van der Waals surface area (Å²) in [5, 5.41) is 10.0. The van der Waals surface area contributed by atoms with Gasteiger partial charge in [0.15, 0.2) is 0 Å². The van der Waals surface area contributed by atoms with Gasteiger partial charge in [0.05, 0.1) is 11.0 Å². The third-order valence-corrected chi connectivity index (χ3v) is 13.8. The van der Waals surface area contributed by atoms with Crippen LogP contribution in [0.1, 0.15) is 0 Å². The fraction of sp³-hybridized carbons (Fsp3) is 0.